The van der Waals surface area contributed by atoms with Crippen molar-refractivity contribution in [2.24, 2.45) is 9.98 Å². The highest BCUT2D eigenvalue weighted by Gasteiger charge is 1.84. The Hall–Kier alpha value is -0.730. The van der Waals surface area contributed by atoms with Gasteiger partial charge in [-0.1, -0.05) is 0 Å². The maximum atomic E-state index is 10.1. The Bertz CT molecular complexity index is 167. The fourth-order valence-corrected chi connectivity index (χ4v) is 0.259. The van der Waals surface area contributed by atoms with Crippen LogP contribution in [0.25, 0.3) is 0 Å². The maximum absolute atomic E-state index is 10.1. The molecule has 0 rings (SSSR count). The molecule has 5 heteroatoms. The summed E-state index contributed by atoms with van der Waals surface area (Å²) in [6.45, 7) is 0. The van der Waals surface area contributed by atoms with Crippen molar-refractivity contribution in [3.05, 3.63) is 0 Å². The van der Waals surface area contributed by atoms with Crippen LogP contribution in [0.2, 0.25) is 0 Å². The van der Waals surface area contributed by atoms with Gasteiger partial charge in [-0.25, -0.2) is 4.79 Å². The monoisotopic (exact) mass is 144 g/mol. The lowest BCUT2D eigenvalue weighted by Gasteiger charge is -1.66. The van der Waals surface area contributed by atoms with Crippen LogP contribution in [0.15, 0.2) is 9.98 Å². The van der Waals surface area contributed by atoms with Crippen molar-refractivity contribution in [3.63, 3.8) is 0 Å². The number of aliphatic imine (C=N–C) groups is 2. The first-order valence-corrected chi connectivity index (χ1v) is 2.32. The van der Waals surface area contributed by atoms with Crippen molar-refractivity contribution >= 4 is 40.8 Å². The Labute approximate surface area is 56.1 Å². The van der Waals surface area contributed by atoms with E-state index < -0.39 is 6.03 Å². The Morgan fingerprint density at radius 1 is 1.25 bits per heavy atom. The molecule has 0 aromatic carbocycles. The van der Waals surface area contributed by atoms with E-state index in [-0.39, 0.29) is 0 Å². The van der Waals surface area contributed by atoms with E-state index in [1.54, 1.807) is 0 Å². The SMILES string of the molecule is O=C(N=C=S)N=C=S. The minimum absolute atomic E-state index is 0.769. The molecular formula is C3N2OS2. The summed E-state index contributed by atoms with van der Waals surface area (Å²) in [6, 6.07) is -0.769. The number of thiocarbonyl (C=S) groups is 2. The third kappa shape index (κ3) is 3.46. The lowest BCUT2D eigenvalue weighted by Crippen LogP contribution is -1.77. The van der Waals surface area contributed by atoms with Gasteiger partial charge in [-0.05, 0) is 24.4 Å². The van der Waals surface area contributed by atoms with Gasteiger partial charge in [0, 0.05) is 0 Å². The van der Waals surface area contributed by atoms with Crippen LogP contribution in [0.1, 0.15) is 0 Å². The molecule has 0 fully saturated rings. The minimum atomic E-state index is -0.769. The first kappa shape index (κ1) is 7.27. The van der Waals surface area contributed by atoms with E-state index in [0.717, 1.165) is 0 Å². The zero-order valence-corrected chi connectivity index (χ0v) is 5.25. The first-order chi connectivity index (χ1) is 3.81. The maximum Gasteiger partial charge on any atom is 0.384 e. The van der Waals surface area contributed by atoms with E-state index in [0.29, 0.717) is 0 Å². The summed E-state index contributed by atoms with van der Waals surface area (Å²) >= 11 is 8.17. The molecule has 0 saturated heterocycles. The number of hydrogen-bond acceptors (Lipinski definition) is 3. The molecule has 3 nitrogen and oxygen atoms in total. The quantitative estimate of drug-likeness (QED) is 0.380. The van der Waals surface area contributed by atoms with E-state index in [1.165, 1.54) is 0 Å². The zero-order chi connectivity index (χ0) is 6.41. The van der Waals surface area contributed by atoms with Crippen LogP contribution in [-0.2, 0) is 0 Å². The van der Waals surface area contributed by atoms with Gasteiger partial charge in [0.2, 0.25) is 0 Å². The van der Waals surface area contributed by atoms with Crippen molar-refractivity contribution in [1.82, 2.24) is 0 Å². The molecule has 0 N–H and O–H groups in total. The number of hydrogen-bond donors (Lipinski definition) is 0. The van der Waals surface area contributed by atoms with E-state index in [9.17, 15) is 4.79 Å². The molecule has 2 amide bonds. The summed E-state index contributed by atoms with van der Waals surface area (Å²) in [5.74, 6) is 0. The summed E-state index contributed by atoms with van der Waals surface area (Å²) in [5, 5.41) is 3.66. The van der Waals surface area contributed by atoms with E-state index in [4.69, 9.17) is 0 Å². The predicted octanol–water partition coefficient (Wildman–Crippen LogP) is 1.31. The van der Waals surface area contributed by atoms with Gasteiger partial charge >= 0.3 is 6.03 Å². The smallest absolute Gasteiger partial charge is 0.242 e. The van der Waals surface area contributed by atoms with Crippen molar-refractivity contribution < 1.29 is 4.79 Å². The lowest BCUT2D eigenvalue weighted by atomic mass is 11.1. The van der Waals surface area contributed by atoms with Gasteiger partial charge in [-0.2, -0.15) is 0 Å². The van der Waals surface area contributed by atoms with Gasteiger partial charge in [0.15, 0.2) is 0 Å². The van der Waals surface area contributed by atoms with E-state index in [1.807, 2.05) is 10.3 Å². The largest absolute Gasteiger partial charge is 0.384 e. The molecule has 0 aliphatic carbocycles. The van der Waals surface area contributed by atoms with Gasteiger partial charge in [0.25, 0.3) is 0 Å². The van der Waals surface area contributed by atoms with Crippen molar-refractivity contribution in [3.8, 4) is 0 Å². The van der Waals surface area contributed by atoms with Gasteiger partial charge in [-0.15, -0.1) is 9.98 Å². The van der Waals surface area contributed by atoms with Crippen LogP contribution in [0.5, 0.6) is 0 Å². The van der Waals surface area contributed by atoms with Crippen LogP contribution in [-0.4, -0.2) is 16.4 Å². The molecule has 0 spiro atoms. The highest BCUT2D eigenvalue weighted by Crippen LogP contribution is 1.74. The van der Waals surface area contributed by atoms with Gasteiger partial charge in [0.05, 0.1) is 10.3 Å². The van der Waals surface area contributed by atoms with Gasteiger partial charge in [0.1, 0.15) is 0 Å². The number of isothiocyanates is 2. The second-order valence-corrected chi connectivity index (χ2v) is 1.05. The molecule has 0 saturated carbocycles. The first-order valence-electron chi connectivity index (χ1n) is 1.51. The average Bonchev–Trinajstić information content (AvgIpc) is 1.68. The van der Waals surface area contributed by atoms with Gasteiger partial charge in [-0.3, -0.25) is 0 Å². The summed E-state index contributed by atoms with van der Waals surface area (Å²) in [6.07, 6.45) is 0. The number of urea groups is 1. The molecule has 0 aliphatic heterocycles. The van der Waals surface area contributed by atoms with Gasteiger partial charge < -0.3 is 0 Å². The summed E-state index contributed by atoms with van der Waals surface area (Å²) in [4.78, 5) is 15.9. The number of nitrogens with zero attached hydrogens (tertiary/aromatic N) is 2. The summed E-state index contributed by atoms with van der Waals surface area (Å²) < 4.78 is 0. The summed E-state index contributed by atoms with van der Waals surface area (Å²) in [5.41, 5.74) is 0. The highest BCUT2D eigenvalue weighted by atomic mass is 32.1. The number of rotatable bonds is 0. The Morgan fingerprint density at radius 2 is 1.62 bits per heavy atom. The van der Waals surface area contributed by atoms with Crippen molar-refractivity contribution in [2.45, 2.75) is 0 Å². The third-order valence-electron chi connectivity index (χ3n) is 0.283. The van der Waals surface area contributed by atoms with Crippen LogP contribution >= 0.6 is 24.4 Å². The third-order valence-corrected chi connectivity index (χ3v) is 0.465. The molecule has 0 aromatic heterocycles. The molecule has 0 unspecified atom stereocenters. The molecule has 0 aromatic rings. The minimum Gasteiger partial charge on any atom is -0.242 e. The van der Waals surface area contributed by atoms with Crippen LogP contribution in [0.4, 0.5) is 4.79 Å². The molecule has 0 atom stereocenters. The Kier molecular flexibility index (Phi) is 4.03. The molecular weight excluding hydrogens is 144 g/mol. The van der Waals surface area contributed by atoms with Crippen molar-refractivity contribution in [1.29, 1.82) is 0 Å². The van der Waals surface area contributed by atoms with E-state index in [2.05, 4.69) is 34.4 Å². The molecule has 0 bridgehead atoms. The Balaban J connectivity index is 4.04. The zero-order valence-electron chi connectivity index (χ0n) is 3.62. The van der Waals surface area contributed by atoms with Crippen LogP contribution < -0.4 is 0 Å². The molecule has 0 radical (unpaired) electrons. The second-order valence-electron chi connectivity index (χ2n) is 0.689. The fraction of sp³-hybridized carbons (Fsp3) is 0. The summed E-state index contributed by atoms with van der Waals surface area (Å²) in [7, 11) is 0. The van der Waals surface area contributed by atoms with E-state index >= 15 is 0 Å². The van der Waals surface area contributed by atoms with Crippen LogP contribution in [0, 0.1) is 0 Å². The number of amides is 2. The lowest BCUT2D eigenvalue weighted by molar-refractivity contribution is 0.257. The predicted molar refractivity (Wildman–Crippen MR) is 35.4 cm³/mol. The topological polar surface area (TPSA) is 41.8 Å². The van der Waals surface area contributed by atoms with Crippen molar-refractivity contribution in [2.75, 3.05) is 0 Å². The molecule has 8 heavy (non-hydrogen) atoms. The van der Waals surface area contributed by atoms with Crippen LogP contribution in [0.3, 0.4) is 0 Å². The Morgan fingerprint density at radius 3 is 1.88 bits per heavy atom. The molecule has 0 heterocycles. The fourth-order valence-electron chi connectivity index (χ4n) is 0.103. The highest BCUT2D eigenvalue weighted by molar-refractivity contribution is 7.78. The molecule has 40 valence electrons. The normalized spacial score (nSPS) is 6.00. The number of carbonyl (C=O) groups excluding carboxylic acids is 1. The number of carbonyl (C=O) groups is 1. The standard InChI is InChI=1S/C3N2OS2/c6-3(4-1-7)5-2-8. The second kappa shape index (κ2) is 4.43. The molecule has 0 aliphatic rings. The average molecular weight is 144 g/mol.